The number of nitrogens with one attached hydrogen (secondary N) is 1. The molecule has 3 aromatic heterocycles. The van der Waals surface area contributed by atoms with Crippen molar-refractivity contribution in [3.8, 4) is 0 Å². The first kappa shape index (κ1) is 22.2. The number of aryl methyl sites for hydroxylation is 2. The Morgan fingerprint density at radius 2 is 1.94 bits per heavy atom. The normalized spacial score (nSPS) is 15.0. The molecular weight excluding hydrogens is 402 g/mol. The summed E-state index contributed by atoms with van der Waals surface area (Å²) in [4.78, 5) is 33.4. The van der Waals surface area contributed by atoms with Gasteiger partial charge in [-0.15, -0.1) is 0 Å². The number of hydrogen-bond donors (Lipinski definition) is 1. The molecule has 7 nitrogen and oxygen atoms in total. The molecule has 0 radical (unpaired) electrons. The molecule has 0 aromatic carbocycles. The highest BCUT2D eigenvalue weighted by atomic mass is 16.2. The SMILES string of the molecule is CCCCCCn1c(=N)c(C(=O)N2CCC(C)CC2)cc2c(=O)n3cccc(C)c3nc21. The van der Waals surface area contributed by atoms with Crippen molar-refractivity contribution in [3.05, 3.63) is 51.4 Å². The number of hydrogen-bond acceptors (Lipinski definition) is 4. The molecule has 0 unspecified atom stereocenters. The average molecular weight is 436 g/mol. The van der Waals surface area contributed by atoms with Gasteiger partial charge in [-0.25, -0.2) is 4.98 Å². The van der Waals surface area contributed by atoms with Crippen LogP contribution in [0.2, 0.25) is 0 Å². The van der Waals surface area contributed by atoms with Crippen molar-refractivity contribution in [1.82, 2.24) is 18.9 Å². The number of rotatable bonds is 6. The van der Waals surface area contributed by atoms with Crippen LogP contribution >= 0.6 is 0 Å². The number of piperidine rings is 1. The average Bonchev–Trinajstić information content (AvgIpc) is 2.79. The summed E-state index contributed by atoms with van der Waals surface area (Å²) < 4.78 is 3.32. The fourth-order valence-electron chi connectivity index (χ4n) is 4.56. The highest BCUT2D eigenvalue weighted by molar-refractivity contribution is 5.97. The maximum atomic E-state index is 13.4. The second-order valence-corrected chi connectivity index (χ2v) is 9.13. The van der Waals surface area contributed by atoms with Crippen LogP contribution in [0.5, 0.6) is 0 Å². The first-order valence-corrected chi connectivity index (χ1v) is 11.8. The topological polar surface area (TPSA) is 83.5 Å². The second kappa shape index (κ2) is 9.27. The van der Waals surface area contributed by atoms with Crippen LogP contribution in [0.15, 0.2) is 29.2 Å². The Labute approximate surface area is 188 Å². The summed E-state index contributed by atoms with van der Waals surface area (Å²) >= 11 is 0. The summed E-state index contributed by atoms with van der Waals surface area (Å²) in [5.41, 5.74) is 2.25. The number of carbonyl (C=O) groups excluding carboxylic acids is 1. The number of carbonyl (C=O) groups is 1. The van der Waals surface area contributed by atoms with E-state index in [1.54, 1.807) is 21.2 Å². The van der Waals surface area contributed by atoms with E-state index in [1.165, 1.54) is 0 Å². The molecule has 1 aliphatic heterocycles. The fraction of sp³-hybridized carbons (Fsp3) is 0.520. The van der Waals surface area contributed by atoms with Crippen LogP contribution in [-0.2, 0) is 6.54 Å². The zero-order valence-corrected chi connectivity index (χ0v) is 19.4. The summed E-state index contributed by atoms with van der Waals surface area (Å²) in [6.45, 7) is 8.26. The van der Waals surface area contributed by atoms with Crippen molar-refractivity contribution in [2.24, 2.45) is 5.92 Å². The molecule has 170 valence electrons. The third-order valence-electron chi connectivity index (χ3n) is 6.67. The van der Waals surface area contributed by atoms with E-state index < -0.39 is 0 Å². The second-order valence-electron chi connectivity index (χ2n) is 9.13. The zero-order chi connectivity index (χ0) is 22.8. The van der Waals surface area contributed by atoms with Crippen LogP contribution in [0.4, 0.5) is 0 Å². The van der Waals surface area contributed by atoms with E-state index in [9.17, 15) is 9.59 Å². The minimum atomic E-state index is -0.197. The van der Waals surface area contributed by atoms with Gasteiger partial charge in [0.15, 0.2) is 0 Å². The van der Waals surface area contributed by atoms with Crippen LogP contribution < -0.4 is 11.0 Å². The van der Waals surface area contributed by atoms with E-state index in [-0.39, 0.29) is 17.0 Å². The molecule has 1 N–H and O–H groups in total. The van der Waals surface area contributed by atoms with Crippen molar-refractivity contribution in [3.63, 3.8) is 0 Å². The lowest BCUT2D eigenvalue weighted by atomic mass is 9.98. The van der Waals surface area contributed by atoms with Gasteiger partial charge >= 0.3 is 0 Å². The van der Waals surface area contributed by atoms with Gasteiger partial charge in [-0.2, -0.15) is 0 Å². The van der Waals surface area contributed by atoms with Crippen LogP contribution in [0.25, 0.3) is 16.7 Å². The highest BCUT2D eigenvalue weighted by Gasteiger charge is 2.25. The number of likely N-dealkylation sites (tertiary alicyclic amines) is 1. The van der Waals surface area contributed by atoms with E-state index in [2.05, 4.69) is 13.8 Å². The van der Waals surface area contributed by atoms with Crippen molar-refractivity contribution >= 4 is 22.6 Å². The first-order valence-electron chi connectivity index (χ1n) is 11.8. The number of pyridine rings is 2. The Morgan fingerprint density at radius 3 is 2.66 bits per heavy atom. The monoisotopic (exact) mass is 435 g/mol. The van der Waals surface area contributed by atoms with Crippen molar-refractivity contribution in [2.75, 3.05) is 13.1 Å². The Hall–Kier alpha value is -2.96. The molecule has 0 bridgehead atoms. The lowest BCUT2D eigenvalue weighted by molar-refractivity contribution is 0.0694. The van der Waals surface area contributed by atoms with Crippen molar-refractivity contribution in [1.29, 1.82) is 5.41 Å². The number of aromatic nitrogens is 3. The summed E-state index contributed by atoms with van der Waals surface area (Å²) in [5.74, 6) is 0.456. The van der Waals surface area contributed by atoms with Gasteiger partial charge in [-0.05, 0) is 49.8 Å². The Bertz CT molecular complexity index is 1270. The van der Waals surface area contributed by atoms with Gasteiger partial charge in [-0.3, -0.25) is 19.4 Å². The van der Waals surface area contributed by atoms with Gasteiger partial charge in [0, 0.05) is 25.8 Å². The van der Waals surface area contributed by atoms with Gasteiger partial charge in [0.05, 0.1) is 10.9 Å². The standard InChI is InChI=1S/C25H33N5O2/c1-4-5-6-7-12-29-21(26)19(24(31)28-14-10-17(2)11-15-28)16-20-23(29)27-22-18(3)9-8-13-30(22)25(20)32/h8-9,13,16-17,26H,4-7,10-12,14-15H2,1-3H3. The number of fused-ring (bicyclic) bond motifs is 2. The van der Waals surface area contributed by atoms with Gasteiger partial charge in [0.25, 0.3) is 11.5 Å². The van der Waals surface area contributed by atoms with E-state index in [4.69, 9.17) is 10.4 Å². The highest BCUT2D eigenvalue weighted by Crippen LogP contribution is 2.19. The van der Waals surface area contributed by atoms with Gasteiger partial charge in [0.2, 0.25) is 0 Å². The smallest absolute Gasteiger partial charge is 0.267 e. The van der Waals surface area contributed by atoms with Gasteiger partial charge < -0.3 is 9.47 Å². The molecule has 4 rings (SSSR count). The summed E-state index contributed by atoms with van der Waals surface area (Å²) in [6.07, 6.45) is 7.81. The van der Waals surface area contributed by atoms with Crippen LogP contribution in [0, 0.1) is 18.3 Å². The van der Waals surface area contributed by atoms with E-state index in [1.807, 2.05) is 24.0 Å². The Balaban J connectivity index is 1.89. The van der Waals surface area contributed by atoms with E-state index in [0.29, 0.717) is 47.8 Å². The third kappa shape index (κ3) is 4.08. The maximum absolute atomic E-state index is 13.4. The first-order chi connectivity index (χ1) is 15.4. The molecule has 0 atom stereocenters. The van der Waals surface area contributed by atoms with Gasteiger partial charge in [-0.1, -0.05) is 39.2 Å². The molecule has 1 amide bonds. The molecule has 1 aliphatic rings. The predicted octanol–water partition coefficient (Wildman–Crippen LogP) is 3.89. The van der Waals surface area contributed by atoms with Crippen molar-refractivity contribution < 1.29 is 4.79 Å². The molecular formula is C25H33N5O2. The third-order valence-corrected chi connectivity index (χ3v) is 6.67. The summed E-state index contributed by atoms with van der Waals surface area (Å²) in [5, 5.41) is 9.29. The molecule has 1 fully saturated rings. The van der Waals surface area contributed by atoms with E-state index in [0.717, 1.165) is 44.1 Å². The quantitative estimate of drug-likeness (QED) is 0.471. The van der Waals surface area contributed by atoms with Crippen LogP contribution in [0.1, 0.15) is 68.3 Å². The lowest BCUT2D eigenvalue weighted by Crippen LogP contribution is -2.41. The molecule has 32 heavy (non-hydrogen) atoms. The minimum Gasteiger partial charge on any atom is -0.339 e. The summed E-state index contributed by atoms with van der Waals surface area (Å²) in [7, 11) is 0. The molecule has 0 saturated carbocycles. The van der Waals surface area contributed by atoms with Crippen LogP contribution in [-0.4, -0.2) is 37.8 Å². The largest absolute Gasteiger partial charge is 0.339 e. The molecule has 7 heteroatoms. The molecule has 0 aliphatic carbocycles. The van der Waals surface area contributed by atoms with Crippen molar-refractivity contribution in [2.45, 2.75) is 65.8 Å². The number of nitrogens with zero attached hydrogens (tertiary/aromatic N) is 4. The fourth-order valence-corrected chi connectivity index (χ4v) is 4.56. The lowest BCUT2D eigenvalue weighted by Gasteiger charge is -2.30. The predicted molar refractivity (Wildman–Crippen MR) is 126 cm³/mol. The molecule has 1 saturated heterocycles. The van der Waals surface area contributed by atoms with E-state index >= 15 is 0 Å². The zero-order valence-electron chi connectivity index (χ0n) is 19.4. The van der Waals surface area contributed by atoms with Crippen LogP contribution in [0.3, 0.4) is 0 Å². The summed E-state index contributed by atoms with van der Waals surface area (Å²) in [6, 6.07) is 5.36. The van der Waals surface area contributed by atoms with Gasteiger partial charge in [0.1, 0.15) is 16.8 Å². The Morgan fingerprint density at radius 1 is 1.19 bits per heavy atom. The molecule has 4 heterocycles. The molecule has 3 aromatic rings. The Kier molecular flexibility index (Phi) is 6.44. The number of amides is 1. The number of unbranched alkanes of at least 4 members (excludes halogenated alkanes) is 3. The maximum Gasteiger partial charge on any atom is 0.267 e. The molecule has 0 spiro atoms. The minimum absolute atomic E-state index is 0.153.